The zero-order valence-corrected chi connectivity index (χ0v) is 23.6. The quantitative estimate of drug-likeness (QED) is 0.415. The summed E-state index contributed by atoms with van der Waals surface area (Å²) < 4.78 is 80.6. The van der Waals surface area contributed by atoms with Crippen molar-refractivity contribution in [2.24, 2.45) is 5.92 Å². The van der Waals surface area contributed by atoms with Crippen LogP contribution in [0.15, 0.2) is 29.6 Å². The molecule has 0 saturated carbocycles. The molecule has 2 fully saturated rings. The summed E-state index contributed by atoms with van der Waals surface area (Å²) in [6.07, 6.45) is -8.77. The summed E-state index contributed by atoms with van der Waals surface area (Å²) in [4.78, 5) is 44.1. The normalized spacial score (nSPS) is 20.7. The van der Waals surface area contributed by atoms with Crippen molar-refractivity contribution in [1.82, 2.24) is 14.7 Å². The van der Waals surface area contributed by atoms with E-state index in [4.69, 9.17) is 0 Å². The van der Waals surface area contributed by atoms with Crippen LogP contribution in [-0.2, 0) is 21.9 Å². The van der Waals surface area contributed by atoms with Crippen molar-refractivity contribution >= 4 is 29.1 Å². The molecule has 6 nitrogen and oxygen atoms in total. The predicted octanol–water partition coefficient (Wildman–Crippen LogP) is 5.81. The van der Waals surface area contributed by atoms with Crippen molar-refractivity contribution in [3.05, 3.63) is 56.8 Å². The number of halogens is 6. The van der Waals surface area contributed by atoms with Crippen molar-refractivity contribution in [2.45, 2.75) is 57.4 Å². The summed E-state index contributed by atoms with van der Waals surface area (Å²) in [7, 11) is 1.38. The van der Waals surface area contributed by atoms with Crippen molar-refractivity contribution in [1.29, 1.82) is 0 Å². The number of hydrogen-bond donors (Lipinski definition) is 0. The number of carbonyl (C=O) groups excluding carboxylic acids is 3. The number of likely N-dealkylation sites (N-methyl/N-ethyl adjacent to an activating group) is 1. The molecule has 2 aliphatic rings. The zero-order chi connectivity index (χ0) is 30.3. The van der Waals surface area contributed by atoms with E-state index in [1.54, 1.807) is 9.80 Å². The van der Waals surface area contributed by atoms with E-state index in [0.29, 0.717) is 44.5 Å². The fraction of sp³-hybridized carbons (Fsp3) is 0.536. The molecule has 4 rings (SSSR count). The highest BCUT2D eigenvalue weighted by Crippen LogP contribution is 2.39. The maximum absolute atomic E-state index is 13.5. The van der Waals surface area contributed by atoms with E-state index >= 15 is 0 Å². The lowest BCUT2D eigenvalue weighted by atomic mass is 9.86. The Hall–Kier alpha value is -3.09. The largest absolute Gasteiger partial charge is 0.416 e. The molecule has 1 aromatic heterocycles. The Morgan fingerprint density at radius 3 is 1.95 bits per heavy atom. The van der Waals surface area contributed by atoms with Crippen LogP contribution in [0.2, 0.25) is 0 Å². The first-order valence-electron chi connectivity index (χ1n) is 13.2. The van der Waals surface area contributed by atoms with Crippen LogP contribution in [0.25, 0.3) is 0 Å². The summed E-state index contributed by atoms with van der Waals surface area (Å²) in [5, 5.41) is 1.87. The third-order valence-corrected chi connectivity index (χ3v) is 9.22. The highest BCUT2D eigenvalue weighted by Gasteiger charge is 2.42. The molecule has 0 unspecified atom stereocenters. The number of amides is 3. The molecule has 0 radical (unpaired) electrons. The molecule has 3 amide bonds. The monoisotopic (exact) mass is 603 g/mol. The lowest BCUT2D eigenvalue weighted by Crippen LogP contribution is -2.53. The maximum Gasteiger partial charge on any atom is 0.416 e. The standard InChI is InChI=1S/C28H31F6N3O3S/c1-16-7-11-41-24(16)22-15-37(26(40)18-4-8-36(9-5-18)17(2)38)10-6-23(22)35(3)25(39)19-12-20(27(29,30)31)14-21(13-19)28(32,33)34/h7,11-14,18,22-23H,4-6,8-10,15H2,1-3H3/t22-,23-/m1/s1. The average Bonchev–Trinajstić information content (AvgIpc) is 3.35. The van der Waals surface area contributed by atoms with Crippen molar-refractivity contribution in [3.63, 3.8) is 0 Å². The van der Waals surface area contributed by atoms with Crippen LogP contribution in [-0.4, -0.2) is 71.7 Å². The molecule has 0 aliphatic carbocycles. The first kappa shape index (κ1) is 30.9. The third kappa shape index (κ3) is 6.70. The topological polar surface area (TPSA) is 60.9 Å². The van der Waals surface area contributed by atoms with E-state index in [0.717, 1.165) is 10.4 Å². The summed E-state index contributed by atoms with van der Waals surface area (Å²) >= 11 is 1.43. The number of aryl methyl sites for hydroxylation is 1. The fourth-order valence-corrected chi connectivity index (χ4v) is 6.84. The van der Waals surface area contributed by atoms with Gasteiger partial charge in [0.05, 0.1) is 11.1 Å². The van der Waals surface area contributed by atoms with Crippen LogP contribution in [0.5, 0.6) is 0 Å². The molecular formula is C28H31F6N3O3S. The maximum atomic E-state index is 13.5. The molecule has 41 heavy (non-hydrogen) atoms. The molecule has 13 heteroatoms. The minimum atomic E-state index is -5.07. The van der Waals surface area contributed by atoms with Gasteiger partial charge in [-0.05, 0) is 61.4 Å². The minimum absolute atomic E-state index is 0.000411. The van der Waals surface area contributed by atoms with E-state index in [1.165, 1.54) is 30.2 Å². The molecule has 224 valence electrons. The summed E-state index contributed by atoms with van der Waals surface area (Å²) in [6, 6.07) is 2.23. The van der Waals surface area contributed by atoms with Crippen molar-refractivity contribution in [2.75, 3.05) is 33.2 Å². The number of alkyl halides is 6. The van der Waals surface area contributed by atoms with Crippen LogP contribution < -0.4 is 0 Å². The second kappa shape index (κ2) is 11.7. The first-order valence-corrected chi connectivity index (χ1v) is 14.1. The molecular weight excluding hydrogens is 572 g/mol. The Morgan fingerprint density at radius 2 is 1.46 bits per heavy atom. The Balaban J connectivity index is 1.59. The van der Waals surface area contributed by atoms with Crippen LogP contribution in [0.1, 0.15) is 64.0 Å². The van der Waals surface area contributed by atoms with Gasteiger partial charge in [0, 0.05) is 68.5 Å². The SMILES string of the molecule is CC(=O)N1CCC(C(=O)N2CC[C@@H](N(C)C(=O)c3cc(C(F)(F)F)cc(C(F)(F)F)c3)[C@H](c3sccc3C)C2)CC1. The number of rotatable bonds is 4. The molecule has 0 bridgehead atoms. The molecule has 2 atom stereocenters. The molecule has 0 N–H and O–H groups in total. The molecule has 1 aromatic carbocycles. The van der Waals surface area contributed by atoms with E-state index in [-0.39, 0.29) is 42.8 Å². The molecule has 3 heterocycles. The van der Waals surface area contributed by atoms with Crippen LogP contribution in [0.4, 0.5) is 26.3 Å². The Labute approximate surface area is 237 Å². The number of likely N-dealkylation sites (tertiary alicyclic amines) is 2. The van der Waals surface area contributed by atoms with Gasteiger partial charge in [-0.1, -0.05) is 0 Å². The first-order chi connectivity index (χ1) is 19.1. The minimum Gasteiger partial charge on any atom is -0.343 e. The van der Waals surface area contributed by atoms with Gasteiger partial charge in [0.1, 0.15) is 0 Å². The van der Waals surface area contributed by atoms with E-state index in [1.807, 2.05) is 18.4 Å². The number of benzene rings is 1. The van der Waals surface area contributed by atoms with Gasteiger partial charge >= 0.3 is 12.4 Å². The summed E-state index contributed by atoms with van der Waals surface area (Å²) in [5.74, 6) is -1.68. The molecule has 2 aromatic rings. The fourth-order valence-electron chi connectivity index (χ4n) is 5.76. The number of thiophene rings is 1. The van der Waals surface area contributed by atoms with Gasteiger partial charge in [0.25, 0.3) is 5.91 Å². The predicted molar refractivity (Wildman–Crippen MR) is 140 cm³/mol. The Bertz CT molecular complexity index is 1270. The van der Waals surface area contributed by atoms with Crippen LogP contribution in [0, 0.1) is 12.8 Å². The number of hydrogen-bond acceptors (Lipinski definition) is 4. The number of nitrogens with zero attached hydrogens (tertiary/aromatic N) is 3. The van der Waals surface area contributed by atoms with Crippen molar-refractivity contribution in [3.8, 4) is 0 Å². The molecule has 2 saturated heterocycles. The highest BCUT2D eigenvalue weighted by molar-refractivity contribution is 7.10. The average molecular weight is 604 g/mol. The third-order valence-electron chi connectivity index (χ3n) is 8.07. The van der Waals surface area contributed by atoms with E-state index in [9.17, 15) is 40.7 Å². The van der Waals surface area contributed by atoms with E-state index in [2.05, 4.69) is 0 Å². The zero-order valence-electron chi connectivity index (χ0n) is 22.8. The van der Waals surface area contributed by atoms with Gasteiger partial charge in [0.15, 0.2) is 0 Å². The number of piperidine rings is 2. The molecule has 2 aliphatic heterocycles. The second-order valence-corrected chi connectivity index (χ2v) is 11.7. The van der Waals surface area contributed by atoms with Gasteiger partial charge in [-0.2, -0.15) is 26.3 Å². The van der Waals surface area contributed by atoms with Gasteiger partial charge in [0.2, 0.25) is 11.8 Å². The van der Waals surface area contributed by atoms with E-state index < -0.39 is 41.0 Å². The molecule has 0 spiro atoms. The summed E-state index contributed by atoms with van der Waals surface area (Å²) in [5.41, 5.74) is -2.88. The smallest absolute Gasteiger partial charge is 0.343 e. The van der Waals surface area contributed by atoms with Gasteiger partial charge in [-0.15, -0.1) is 11.3 Å². The highest BCUT2D eigenvalue weighted by atomic mass is 32.1. The Kier molecular flexibility index (Phi) is 8.77. The van der Waals surface area contributed by atoms with Gasteiger partial charge in [-0.3, -0.25) is 14.4 Å². The van der Waals surface area contributed by atoms with Crippen LogP contribution in [0.3, 0.4) is 0 Å². The number of carbonyl (C=O) groups is 3. The van der Waals surface area contributed by atoms with Crippen molar-refractivity contribution < 1.29 is 40.7 Å². The van der Waals surface area contributed by atoms with Gasteiger partial charge in [-0.25, -0.2) is 0 Å². The lowest BCUT2D eigenvalue weighted by molar-refractivity contribution is -0.143. The Morgan fingerprint density at radius 1 is 0.902 bits per heavy atom. The summed E-state index contributed by atoms with van der Waals surface area (Å²) in [6.45, 7) is 4.89. The van der Waals surface area contributed by atoms with Gasteiger partial charge < -0.3 is 14.7 Å². The lowest BCUT2D eigenvalue weighted by Gasteiger charge is -2.44. The second-order valence-electron chi connectivity index (χ2n) is 10.7. The van der Waals surface area contributed by atoms with Crippen LogP contribution >= 0.6 is 11.3 Å².